The van der Waals surface area contributed by atoms with Crippen LogP contribution in [0.4, 0.5) is 0 Å². The standard InChI is InChI=1S/C6H6INO3/c7-3-6(11)8-4(9)1-2-5(8)10/h1-2,9-10H,3H2. The molecule has 0 amide bonds. The second-order valence-electron chi connectivity index (χ2n) is 1.91. The number of halogens is 1. The average molecular weight is 267 g/mol. The van der Waals surface area contributed by atoms with E-state index >= 15 is 0 Å². The molecule has 0 aliphatic carbocycles. The van der Waals surface area contributed by atoms with Gasteiger partial charge in [0.05, 0.1) is 4.43 Å². The number of hydrogen-bond acceptors (Lipinski definition) is 3. The Hall–Kier alpha value is -0.720. The molecule has 0 aliphatic rings. The third-order valence-electron chi connectivity index (χ3n) is 1.20. The van der Waals surface area contributed by atoms with Crippen LogP contribution in [0.2, 0.25) is 0 Å². The van der Waals surface area contributed by atoms with Crippen molar-refractivity contribution >= 4 is 28.5 Å². The van der Waals surface area contributed by atoms with Crippen LogP contribution in [0.15, 0.2) is 12.1 Å². The summed E-state index contributed by atoms with van der Waals surface area (Å²) in [5.41, 5.74) is 0. The summed E-state index contributed by atoms with van der Waals surface area (Å²) >= 11 is 1.86. The highest BCUT2D eigenvalue weighted by molar-refractivity contribution is 14.1. The van der Waals surface area contributed by atoms with E-state index in [1.807, 2.05) is 22.6 Å². The number of alkyl halides is 1. The molecule has 0 fully saturated rings. The van der Waals surface area contributed by atoms with Gasteiger partial charge in [0, 0.05) is 12.1 Å². The van der Waals surface area contributed by atoms with Gasteiger partial charge < -0.3 is 10.2 Å². The number of hydrogen-bond donors (Lipinski definition) is 2. The summed E-state index contributed by atoms with van der Waals surface area (Å²) in [7, 11) is 0. The molecule has 0 bridgehead atoms. The molecule has 0 aromatic carbocycles. The van der Waals surface area contributed by atoms with Gasteiger partial charge in [0.25, 0.3) is 0 Å². The number of carbonyl (C=O) groups is 1. The number of aromatic hydroxyl groups is 2. The van der Waals surface area contributed by atoms with E-state index in [9.17, 15) is 4.79 Å². The zero-order chi connectivity index (χ0) is 8.43. The molecule has 0 aliphatic heterocycles. The molecule has 0 radical (unpaired) electrons. The lowest BCUT2D eigenvalue weighted by atomic mass is 10.6. The first kappa shape index (κ1) is 8.38. The fourth-order valence-electron chi connectivity index (χ4n) is 0.731. The molecule has 11 heavy (non-hydrogen) atoms. The first-order valence-electron chi connectivity index (χ1n) is 2.85. The predicted octanol–water partition coefficient (Wildman–Crippen LogP) is 0.974. The van der Waals surface area contributed by atoms with Gasteiger partial charge in [-0.3, -0.25) is 4.79 Å². The molecule has 1 rings (SSSR count). The summed E-state index contributed by atoms with van der Waals surface area (Å²) in [5.74, 6) is -0.807. The van der Waals surface area contributed by atoms with E-state index in [1.54, 1.807) is 0 Å². The summed E-state index contributed by atoms with van der Waals surface area (Å²) in [6, 6.07) is 2.53. The van der Waals surface area contributed by atoms with E-state index in [1.165, 1.54) is 12.1 Å². The molecular weight excluding hydrogens is 261 g/mol. The van der Waals surface area contributed by atoms with E-state index in [0.29, 0.717) is 0 Å². The van der Waals surface area contributed by atoms with Crippen molar-refractivity contribution in [2.45, 2.75) is 0 Å². The van der Waals surface area contributed by atoms with Gasteiger partial charge in [0.2, 0.25) is 17.7 Å². The summed E-state index contributed by atoms with van der Waals surface area (Å²) < 4.78 is 1.07. The van der Waals surface area contributed by atoms with Gasteiger partial charge in [-0.25, -0.2) is 4.57 Å². The highest BCUT2D eigenvalue weighted by Gasteiger charge is 2.11. The molecule has 5 heteroatoms. The maximum atomic E-state index is 11.0. The topological polar surface area (TPSA) is 62.5 Å². The van der Waals surface area contributed by atoms with Gasteiger partial charge in [-0.2, -0.15) is 0 Å². The zero-order valence-electron chi connectivity index (χ0n) is 5.49. The van der Waals surface area contributed by atoms with Crippen molar-refractivity contribution in [1.29, 1.82) is 0 Å². The third-order valence-corrected chi connectivity index (χ3v) is 1.86. The van der Waals surface area contributed by atoms with Crippen LogP contribution >= 0.6 is 22.6 Å². The van der Waals surface area contributed by atoms with Crippen LogP contribution < -0.4 is 0 Å². The summed E-state index contributed by atoms with van der Waals surface area (Å²) in [6.07, 6.45) is 0. The second kappa shape index (κ2) is 3.12. The maximum Gasteiger partial charge on any atom is 0.246 e. The van der Waals surface area contributed by atoms with Crippen LogP contribution in [-0.4, -0.2) is 25.1 Å². The first-order valence-corrected chi connectivity index (χ1v) is 4.38. The van der Waals surface area contributed by atoms with Crippen LogP contribution in [0.3, 0.4) is 0 Å². The van der Waals surface area contributed by atoms with Crippen molar-refractivity contribution in [2.75, 3.05) is 4.43 Å². The van der Waals surface area contributed by atoms with Crippen LogP contribution in [-0.2, 0) is 0 Å². The van der Waals surface area contributed by atoms with Gasteiger partial charge in [-0.05, 0) is 0 Å². The molecule has 60 valence electrons. The largest absolute Gasteiger partial charge is 0.494 e. The molecule has 0 spiro atoms. The fourth-order valence-corrected chi connectivity index (χ4v) is 1.07. The Kier molecular flexibility index (Phi) is 2.38. The van der Waals surface area contributed by atoms with Gasteiger partial charge >= 0.3 is 0 Å². The maximum absolute atomic E-state index is 11.0. The van der Waals surface area contributed by atoms with Crippen molar-refractivity contribution in [3.63, 3.8) is 0 Å². The van der Waals surface area contributed by atoms with Crippen LogP contribution in [0, 0.1) is 0 Å². The normalized spacial score (nSPS) is 9.91. The van der Waals surface area contributed by atoms with Crippen LogP contribution in [0.25, 0.3) is 0 Å². The predicted molar refractivity (Wildman–Crippen MR) is 47.3 cm³/mol. The van der Waals surface area contributed by atoms with E-state index in [4.69, 9.17) is 10.2 Å². The number of rotatable bonds is 1. The molecule has 0 atom stereocenters. The summed E-state index contributed by atoms with van der Waals surface area (Å²) in [4.78, 5) is 11.0. The molecular formula is C6H6INO3. The van der Waals surface area contributed by atoms with E-state index in [0.717, 1.165) is 4.57 Å². The Labute approximate surface area is 76.6 Å². The molecule has 1 aromatic rings. The first-order chi connectivity index (χ1) is 5.16. The molecule has 0 saturated carbocycles. The molecule has 1 aromatic heterocycles. The molecule has 0 saturated heterocycles. The quantitative estimate of drug-likeness (QED) is 0.588. The molecule has 1 heterocycles. The van der Waals surface area contributed by atoms with Gasteiger partial charge in [-0.15, -0.1) is 0 Å². The Morgan fingerprint density at radius 2 is 1.91 bits per heavy atom. The van der Waals surface area contributed by atoms with Crippen molar-refractivity contribution in [1.82, 2.24) is 4.57 Å². The summed E-state index contributed by atoms with van der Waals surface area (Å²) in [6.45, 7) is 0. The van der Waals surface area contributed by atoms with Gasteiger partial charge in [0.15, 0.2) is 0 Å². The lowest BCUT2D eigenvalue weighted by molar-refractivity contribution is 0.0927. The average Bonchev–Trinajstić information content (AvgIpc) is 2.30. The number of carbonyl (C=O) groups excluding carboxylic acids is 1. The lowest BCUT2D eigenvalue weighted by Gasteiger charge is -2.00. The fraction of sp³-hybridized carbons (Fsp3) is 0.167. The molecule has 4 nitrogen and oxygen atoms in total. The highest BCUT2D eigenvalue weighted by atomic mass is 127. The van der Waals surface area contributed by atoms with Crippen LogP contribution in [0.5, 0.6) is 11.8 Å². The van der Waals surface area contributed by atoms with Crippen molar-refractivity contribution in [3.8, 4) is 11.8 Å². The Morgan fingerprint density at radius 1 is 1.45 bits per heavy atom. The molecule has 0 unspecified atom stereocenters. The van der Waals surface area contributed by atoms with Crippen molar-refractivity contribution in [3.05, 3.63) is 12.1 Å². The number of aromatic nitrogens is 1. The second-order valence-corrected chi connectivity index (χ2v) is 2.68. The Morgan fingerprint density at radius 3 is 2.27 bits per heavy atom. The monoisotopic (exact) mass is 267 g/mol. The van der Waals surface area contributed by atoms with Crippen molar-refractivity contribution in [2.24, 2.45) is 0 Å². The Balaban J connectivity index is 3.10. The van der Waals surface area contributed by atoms with Crippen molar-refractivity contribution < 1.29 is 15.0 Å². The zero-order valence-corrected chi connectivity index (χ0v) is 7.65. The lowest BCUT2D eigenvalue weighted by Crippen LogP contribution is -2.09. The van der Waals surface area contributed by atoms with E-state index in [2.05, 4.69) is 0 Å². The van der Waals surface area contributed by atoms with E-state index < -0.39 is 0 Å². The minimum absolute atomic E-state index is 0.216. The number of nitrogens with zero attached hydrogens (tertiary/aromatic N) is 1. The summed E-state index contributed by atoms with van der Waals surface area (Å²) in [5, 5.41) is 18.0. The Bertz CT molecular complexity index is 262. The minimum atomic E-state index is -0.342. The van der Waals surface area contributed by atoms with E-state index in [-0.39, 0.29) is 22.1 Å². The van der Waals surface area contributed by atoms with Gasteiger partial charge in [0.1, 0.15) is 0 Å². The van der Waals surface area contributed by atoms with Gasteiger partial charge in [-0.1, -0.05) is 22.6 Å². The van der Waals surface area contributed by atoms with Crippen LogP contribution in [0.1, 0.15) is 4.79 Å². The molecule has 2 N–H and O–H groups in total. The minimum Gasteiger partial charge on any atom is -0.494 e. The smallest absolute Gasteiger partial charge is 0.246 e. The SMILES string of the molecule is O=C(CI)n1c(O)ccc1O. The third kappa shape index (κ3) is 1.47. The highest BCUT2D eigenvalue weighted by Crippen LogP contribution is 2.20.